The van der Waals surface area contributed by atoms with Crippen LogP contribution in [-0.4, -0.2) is 64.3 Å². The van der Waals surface area contributed by atoms with Crippen LogP contribution in [-0.2, 0) is 9.59 Å². The number of piperazine rings is 1. The smallest absolute Gasteiger partial charge is 0.325 e. The second-order valence-corrected chi connectivity index (χ2v) is 7.21. The monoisotopic (exact) mass is 395 g/mol. The van der Waals surface area contributed by atoms with Gasteiger partial charge in [-0.3, -0.25) is 19.5 Å². The van der Waals surface area contributed by atoms with E-state index in [1.165, 1.54) is 4.90 Å². The van der Waals surface area contributed by atoms with E-state index in [2.05, 4.69) is 15.6 Å². The minimum atomic E-state index is -0.870. The zero-order valence-corrected chi connectivity index (χ0v) is 16.4. The molecule has 2 N–H and O–H groups in total. The Balaban J connectivity index is 0.00000261. The molecule has 2 aliphatic heterocycles. The summed E-state index contributed by atoms with van der Waals surface area (Å²) in [6.45, 7) is 5.69. The lowest BCUT2D eigenvalue weighted by Gasteiger charge is -2.36. The number of amides is 4. The molecule has 27 heavy (non-hydrogen) atoms. The van der Waals surface area contributed by atoms with Crippen LogP contribution < -0.4 is 10.6 Å². The Bertz CT molecular complexity index is 697. The first-order valence-corrected chi connectivity index (χ1v) is 8.94. The summed E-state index contributed by atoms with van der Waals surface area (Å²) in [4.78, 5) is 44.0. The summed E-state index contributed by atoms with van der Waals surface area (Å²) in [5, 5.41) is 5.96. The summed E-state index contributed by atoms with van der Waals surface area (Å²) in [5.41, 5.74) is 0.134. The van der Waals surface area contributed by atoms with Gasteiger partial charge >= 0.3 is 6.03 Å². The van der Waals surface area contributed by atoms with E-state index in [4.69, 9.17) is 0 Å². The summed E-state index contributed by atoms with van der Waals surface area (Å²) < 4.78 is 0. The molecule has 0 saturated carbocycles. The first kappa shape index (κ1) is 21.1. The Kier molecular flexibility index (Phi) is 6.78. The quantitative estimate of drug-likeness (QED) is 0.728. The Morgan fingerprint density at radius 3 is 2.78 bits per heavy atom. The van der Waals surface area contributed by atoms with Gasteiger partial charge in [-0.2, -0.15) is 0 Å². The van der Waals surface area contributed by atoms with Crippen molar-refractivity contribution in [1.82, 2.24) is 25.4 Å². The van der Waals surface area contributed by atoms with Crippen LogP contribution in [0.1, 0.15) is 38.3 Å². The van der Waals surface area contributed by atoms with E-state index < -0.39 is 5.54 Å². The second kappa shape index (κ2) is 8.67. The van der Waals surface area contributed by atoms with Gasteiger partial charge in [0.15, 0.2) is 0 Å². The SMILES string of the molecule is CC1(C)NC(=O)N(CCCC(=O)N2CCNCC2c2cccnc2)C1=O.Cl. The van der Waals surface area contributed by atoms with Crippen molar-refractivity contribution in [3.63, 3.8) is 0 Å². The lowest BCUT2D eigenvalue weighted by Crippen LogP contribution is -2.48. The van der Waals surface area contributed by atoms with Crippen LogP contribution in [0.2, 0.25) is 0 Å². The van der Waals surface area contributed by atoms with E-state index in [1.807, 2.05) is 17.0 Å². The number of carbonyl (C=O) groups is 3. The molecule has 2 saturated heterocycles. The second-order valence-electron chi connectivity index (χ2n) is 7.21. The number of imide groups is 1. The number of nitrogens with zero attached hydrogens (tertiary/aromatic N) is 3. The molecule has 2 fully saturated rings. The Hall–Kier alpha value is -2.19. The maximum Gasteiger partial charge on any atom is 0.325 e. The fourth-order valence-corrected chi connectivity index (χ4v) is 3.43. The number of rotatable bonds is 5. The van der Waals surface area contributed by atoms with E-state index in [1.54, 1.807) is 26.2 Å². The average molecular weight is 396 g/mol. The molecule has 3 rings (SSSR count). The molecule has 0 aromatic carbocycles. The van der Waals surface area contributed by atoms with Gasteiger partial charge in [-0.1, -0.05) is 6.07 Å². The van der Waals surface area contributed by atoms with E-state index in [-0.39, 0.29) is 42.8 Å². The molecule has 2 aliphatic rings. The van der Waals surface area contributed by atoms with E-state index in [9.17, 15) is 14.4 Å². The molecule has 3 heterocycles. The molecule has 1 atom stereocenters. The van der Waals surface area contributed by atoms with Gasteiger partial charge in [-0.15, -0.1) is 12.4 Å². The first-order valence-electron chi connectivity index (χ1n) is 8.94. The van der Waals surface area contributed by atoms with Gasteiger partial charge in [0.1, 0.15) is 5.54 Å². The predicted molar refractivity (Wildman–Crippen MR) is 102 cm³/mol. The van der Waals surface area contributed by atoms with E-state index in [0.717, 1.165) is 12.1 Å². The normalized spacial score (nSPS) is 21.6. The fourth-order valence-electron chi connectivity index (χ4n) is 3.43. The van der Waals surface area contributed by atoms with E-state index in [0.29, 0.717) is 25.9 Å². The van der Waals surface area contributed by atoms with Crippen molar-refractivity contribution in [2.45, 2.75) is 38.3 Å². The molecular formula is C18H26ClN5O3. The van der Waals surface area contributed by atoms with Crippen molar-refractivity contribution in [3.8, 4) is 0 Å². The molecule has 1 aromatic rings. The zero-order chi connectivity index (χ0) is 18.7. The van der Waals surface area contributed by atoms with Crippen LogP contribution >= 0.6 is 12.4 Å². The van der Waals surface area contributed by atoms with Crippen LogP contribution in [0, 0.1) is 0 Å². The third kappa shape index (κ3) is 4.56. The maximum atomic E-state index is 12.7. The predicted octanol–water partition coefficient (Wildman–Crippen LogP) is 1.09. The van der Waals surface area contributed by atoms with Crippen molar-refractivity contribution in [3.05, 3.63) is 30.1 Å². The Morgan fingerprint density at radius 2 is 2.15 bits per heavy atom. The summed E-state index contributed by atoms with van der Waals surface area (Å²) >= 11 is 0. The lowest BCUT2D eigenvalue weighted by atomic mass is 10.0. The fraction of sp³-hybridized carbons (Fsp3) is 0.556. The van der Waals surface area contributed by atoms with Gasteiger partial charge in [0.2, 0.25) is 5.91 Å². The molecule has 9 heteroatoms. The van der Waals surface area contributed by atoms with Gasteiger partial charge in [0.25, 0.3) is 5.91 Å². The molecule has 0 spiro atoms. The van der Waals surface area contributed by atoms with Crippen molar-refractivity contribution < 1.29 is 14.4 Å². The third-order valence-corrected chi connectivity index (χ3v) is 4.85. The number of carbonyl (C=O) groups excluding carboxylic acids is 3. The van der Waals surface area contributed by atoms with Crippen LogP contribution in [0.3, 0.4) is 0 Å². The van der Waals surface area contributed by atoms with Crippen molar-refractivity contribution >= 4 is 30.3 Å². The van der Waals surface area contributed by atoms with Gasteiger partial charge in [0.05, 0.1) is 6.04 Å². The Labute approximate surface area is 165 Å². The van der Waals surface area contributed by atoms with Crippen molar-refractivity contribution in [2.24, 2.45) is 0 Å². The van der Waals surface area contributed by atoms with Crippen LogP contribution in [0.15, 0.2) is 24.5 Å². The third-order valence-electron chi connectivity index (χ3n) is 4.85. The van der Waals surface area contributed by atoms with Crippen LogP contribution in [0.4, 0.5) is 4.79 Å². The summed E-state index contributed by atoms with van der Waals surface area (Å²) in [5.74, 6) is -0.211. The van der Waals surface area contributed by atoms with Gasteiger partial charge in [-0.05, 0) is 31.9 Å². The zero-order valence-electron chi connectivity index (χ0n) is 15.6. The topological polar surface area (TPSA) is 94.6 Å². The van der Waals surface area contributed by atoms with Crippen molar-refractivity contribution in [1.29, 1.82) is 0 Å². The number of nitrogens with one attached hydrogen (secondary N) is 2. The number of urea groups is 1. The molecule has 0 aliphatic carbocycles. The van der Waals surface area contributed by atoms with Crippen LogP contribution in [0.5, 0.6) is 0 Å². The highest BCUT2D eigenvalue weighted by Gasteiger charge is 2.43. The number of aromatic nitrogens is 1. The molecular weight excluding hydrogens is 370 g/mol. The highest BCUT2D eigenvalue weighted by molar-refractivity contribution is 6.06. The molecule has 148 valence electrons. The molecule has 1 unspecified atom stereocenters. The van der Waals surface area contributed by atoms with Gasteiger partial charge < -0.3 is 15.5 Å². The number of pyridine rings is 1. The standard InChI is InChI=1S/C18H25N5O3.ClH/c1-18(2)16(25)23(17(26)21-18)9-4-6-15(24)22-10-8-20-12-14(22)13-5-3-7-19-11-13;/h3,5,7,11,14,20H,4,6,8-10,12H2,1-2H3,(H,21,26);1H. The van der Waals surface area contributed by atoms with Gasteiger partial charge in [-0.25, -0.2) is 4.79 Å². The summed E-state index contributed by atoms with van der Waals surface area (Å²) in [7, 11) is 0. The van der Waals surface area contributed by atoms with Crippen LogP contribution in [0.25, 0.3) is 0 Å². The van der Waals surface area contributed by atoms with Gasteiger partial charge in [0, 0.05) is 45.0 Å². The number of halogens is 1. The van der Waals surface area contributed by atoms with Crippen molar-refractivity contribution in [2.75, 3.05) is 26.2 Å². The summed E-state index contributed by atoms with van der Waals surface area (Å²) in [6.07, 6.45) is 4.25. The Morgan fingerprint density at radius 1 is 1.37 bits per heavy atom. The maximum absolute atomic E-state index is 12.7. The lowest BCUT2D eigenvalue weighted by molar-refractivity contribution is -0.135. The highest BCUT2D eigenvalue weighted by Crippen LogP contribution is 2.23. The largest absolute Gasteiger partial charge is 0.333 e. The molecule has 4 amide bonds. The molecule has 1 aromatic heterocycles. The minimum absolute atomic E-state index is 0. The number of hydrogen-bond donors (Lipinski definition) is 2. The highest BCUT2D eigenvalue weighted by atomic mass is 35.5. The minimum Gasteiger partial charge on any atom is -0.333 e. The molecule has 0 radical (unpaired) electrons. The molecule has 0 bridgehead atoms. The summed E-state index contributed by atoms with van der Waals surface area (Å²) in [6, 6.07) is 3.41. The first-order chi connectivity index (χ1) is 12.4. The molecule has 8 nitrogen and oxygen atoms in total. The number of hydrogen-bond acceptors (Lipinski definition) is 5. The van der Waals surface area contributed by atoms with E-state index >= 15 is 0 Å². The average Bonchev–Trinajstić information content (AvgIpc) is 2.83.